The van der Waals surface area contributed by atoms with Crippen LogP contribution in [0.2, 0.25) is 0 Å². The molecule has 1 fully saturated rings. The van der Waals surface area contributed by atoms with Crippen LogP contribution in [0.25, 0.3) is 0 Å². The molecule has 0 bridgehead atoms. The highest BCUT2D eigenvalue weighted by Crippen LogP contribution is 2.45. The summed E-state index contributed by atoms with van der Waals surface area (Å²) in [5.74, 6) is 0. The van der Waals surface area contributed by atoms with Crippen molar-refractivity contribution >= 4 is 0 Å². The van der Waals surface area contributed by atoms with Gasteiger partial charge in [0.25, 0.3) is 0 Å². The molecule has 82 valence electrons. The standard InChI is InChI=1S/C14H20O/c1-3-14(2)9-13(10-14)15-11-12-7-5-4-6-8-12/h4-8,13H,3,9-11H2,1-2H3. The van der Waals surface area contributed by atoms with Gasteiger partial charge in [-0.05, 0) is 23.8 Å². The lowest BCUT2D eigenvalue weighted by molar-refractivity contribution is -0.0822. The first kappa shape index (κ1) is 10.7. The summed E-state index contributed by atoms with van der Waals surface area (Å²) in [6.07, 6.45) is 4.24. The molecule has 0 aromatic heterocycles. The summed E-state index contributed by atoms with van der Waals surface area (Å²) in [4.78, 5) is 0. The van der Waals surface area contributed by atoms with Gasteiger partial charge >= 0.3 is 0 Å². The van der Waals surface area contributed by atoms with Crippen LogP contribution < -0.4 is 0 Å². The first-order valence-electron chi connectivity index (χ1n) is 5.87. The third-order valence-corrected chi connectivity index (χ3v) is 3.62. The van der Waals surface area contributed by atoms with Crippen LogP contribution in [0.5, 0.6) is 0 Å². The summed E-state index contributed by atoms with van der Waals surface area (Å²) in [5, 5.41) is 0. The van der Waals surface area contributed by atoms with Crippen molar-refractivity contribution in [3.8, 4) is 0 Å². The molecule has 1 aromatic carbocycles. The summed E-state index contributed by atoms with van der Waals surface area (Å²) in [6.45, 7) is 5.40. The molecule has 1 aromatic rings. The minimum absolute atomic E-state index is 0.496. The first-order valence-corrected chi connectivity index (χ1v) is 5.87. The normalized spacial score (nSPS) is 29.9. The average Bonchev–Trinajstić information content (AvgIpc) is 2.24. The monoisotopic (exact) mass is 204 g/mol. The van der Waals surface area contributed by atoms with E-state index in [0.717, 1.165) is 6.61 Å². The van der Waals surface area contributed by atoms with Crippen LogP contribution in [0.4, 0.5) is 0 Å². The Balaban J connectivity index is 1.73. The summed E-state index contributed by atoms with van der Waals surface area (Å²) in [5.41, 5.74) is 1.84. The Morgan fingerprint density at radius 2 is 1.93 bits per heavy atom. The van der Waals surface area contributed by atoms with Crippen LogP contribution in [0.1, 0.15) is 38.7 Å². The fourth-order valence-electron chi connectivity index (χ4n) is 2.23. The average molecular weight is 204 g/mol. The Bertz CT molecular complexity index is 298. The summed E-state index contributed by atoms with van der Waals surface area (Å²) >= 11 is 0. The molecule has 0 saturated heterocycles. The predicted molar refractivity (Wildman–Crippen MR) is 62.7 cm³/mol. The summed E-state index contributed by atoms with van der Waals surface area (Å²) in [7, 11) is 0. The highest BCUT2D eigenvalue weighted by molar-refractivity contribution is 5.13. The highest BCUT2D eigenvalue weighted by atomic mass is 16.5. The highest BCUT2D eigenvalue weighted by Gasteiger charge is 2.39. The fraction of sp³-hybridized carbons (Fsp3) is 0.571. The quantitative estimate of drug-likeness (QED) is 0.725. The van der Waals surface area contributed by atoms with Crippen molar-refractivity contribution in [1.82, 2.24) is 0 Å². The molecule has 1 nitrogen and oxygen atoms in total. The number of hydrogen-bond donors (Lipinski definition) is 0. The zero-order chi connectivity index (χ0) is 10.7. The molecule has 0 unspecified atom stereocenters. The lowest BCUT2D eigenvalue weighted by atomic mass is 9.66. The number of benzene rings is 1. The van der Waals surface area contributed by atoms with Gasteiger partial charge in [-0.25, -0.2) is 0 Å². The second-order valence-electron chi connectivity index (χ2n) is 4.99. The van der Waals surface area contributed by atoms with Crippen molar-refractivity contribution in [2.24, 2.45) is 5.41 Å². The molecule has 0 spiro atoms. The van der Waals surface area contributed by atoms with Gasteiger partial charge in [0.1, 0.15) is 0 Å². The molecule has 1 heteroatoms. The Kier molecular flexibility index (Phi) is 3.11. The van der Waals surface area contributed by atoms with E-state index in [-0.39, 0.29) is 0 Å². The lowest BCUT2D eigenvalue weighted by Crippen LogP contribution is -2.39. The van der Waals surface area contributed by atoms with Crippen LogP contribution in [0.15, 0.2) is 30.3 Å². The number of ether oxygens (including phenoxy) is 1. The first-order chi connectivity index (χ1) is 7.22. The van der Waals surface area contributed by atoms with Crippen molar-refractivity contribution in [2.45, 2.75) is 45.8 Å². The minimum Gasteiger partial charge on any atom is -0.374 e. The smallest absolute Gasteiger partial charge is 0.0720 e. The Morgan fingerprint density at radius 3 is 2.53 bits per heavy atom. The maximum absolute atomic E-state index is 5.86. The van der Waals surface area contributed by atoms with Crippen LogP contribution >= 0.6 is 0 Å². The van der Waals surface area contributed by atoms with Gasteiger partial charge in [0.15, 0.2) is 0 Å². The summed E-state index contributed by atoms with van der Waals surface area (Å²) in [6, 6.07) is 10.4. The number of hydrogen-bond acceptors (Lipinski definition) is 1. The predicted octanol–water partition coefficient (Wildman–Crippen LogP) is 3.78. The maximum atomic E-state index is 5.86. The van der Waals surface area contributed by atoms with Crippen molar-refractivity contribution in [2.75, 3.05) is 0 Å². The lowest BCUT2D eigenvalue weighted by Gasteiger charge is -2.44. The van der Waals surface area contributed by atoms with E-state index in [4.69, 9.17) is 4.74 Å². The molecular formula is C14H20O. The Hall–Kier alpha value is -0.820. The van der Waals surface area contributed by atoms with Gasteiger partial charge < -0.3 is 4.74 Å². The second kappa shape index (κ2) is 4.36. The van der Waals surface area contributed by atoms with E-state index < -0.39 is 0 Å². The van der Waals surface area contributed by atoms with Crippen molar-refractivity contribution in [3.63, 3.8) is 0 Å². The third-order valence-electron chi connectivity index (χ3n) is 3.62. The van der Waals surface area contributed by atoms with Crippen LogP contribution in [0, 0.1) is 5.41 Å². The maximum Gasteiger partial charge on any atom is 0.0720 e. The molecule has 2 rings (SSSR count). The zero-order valence-electron chi connectivity index (χ0n) is 9.70. The topological polar surface area (TPSA) is 9.23 Å². The van der Waals surface area contributed by atoms with E-state index in [9.17, 15) is 0 Å². The van der Waals surface area contributed by atoms with Crippen molar-refractivity contribution in [1.29, 1.82) is 0 Å². The Labute approximate surface area is 92.5 Å². The number of rotatable bonds is 4. The minimum atomic E-state index is 0.496. The van der Waals surface area contributed by atoms with E-state index >= 15 is 0 Å². The second-order valence-corrected chi connectivity index (χ2v) is 4.99. The van der Waals surface area contributed by atoms with Gasteiger partial charge in [0.2, 0.25) is 0 Å². The third kappa shape index (κ3) is 2.60. The van der Waals surface area contributed by atoms with Crippen LogP contribution in [-0.2, 0) is 11.3 Å². The van der Waals surface area contributed by atoms with Crippen molar-refractivity contribution in [3.05, 3.63) is 35.9 Å². The van der Waals surface area contributed by atoms with Crippen LogP contribution in [0.3, 0.4) is 0 Å². The Morgan fingerprint density at radius 1 is 1.27 bits per heavy atom. The van der Waals surface area contributed by atoms with Gasteiger partial charge in [-0.2, -0.15) is 0 Å². The van der Waals surface area contributed by atoms with Gasteiger partial charge in [-0.15, -0.1) is 0 Å². The zero-order valence-corrected chi connectivity index (χ0v) is 9.70. The van der Waals surface area contributed by atoms with Crippen molar-refractivity contribution < 1.29 is 4.74 Å². The van der Waals surface area contributed by atoms with Gasteiger partial charge in [0, 0.05) is 0 Å². The van der Waals surface area contributed by atoms with E-state index in [1.807, 2.05) is 6.07 Å². The van der Waals surface area contributed by atoms with E-state index in [1.54, 1.807) is 0 Å². The fourth-order valence-corrected chi connectivity index (χ4v) is 2.23. The molecule has 0 aliphatic heterocycles. The van der Waals surface area contributed by atoms with Gasteiger partial charge in [-0.3, -0.25) is 0 Å². The largest absolute Gasteiger partial charge is 0.374 e. The molecule has 15 heavy (non-hydrogen) atoms. The molecule has 1 aliphatic rings. The van der Waals surface area contributed by atoms with Gasteiger partial charge in [0.05, 0.1) is 12.7 Å². The SMILES string of the molecule is CCC1(C)CC(OCc2ccccc2)C1. The van der Waals surface area contributed by atoms with E-state index in [0.29, 0.717) is 11.5 Å². The molecule has 1 aliphatic carbocycles. The molecule has 0 atom stereocenters. The molecule has 0 amide bonds. The van der Waals surface area contributed by atoms with Crippen LogP contribution in [-0.4, -0.2) is 6.10 Å². The van der Waals surface area contributed by atoms with E-state index in [1.165, 1.54) is 24.8 Å². The van der Waals surface area contributed by atoms with E-state index in [2.05, 4.69) is 38.1 Å². The summed E-state index contributed by atoms with van der Waals surface area (Å²) < 4.78 is 5.86. The molecule has 0 N–H and O–H groups in total. The van der Waals surface area contributed by atoms with Gasteiger partial charge in [-0.1, -0.05) is 50.6 Å². The molecular weight excluding hydrogens is 184 g/mol. The molecule has 0 radical (unpaired) electrons. The molecule has 1 saturated carbocycles. The molecule has 0 heterocycles.